The standard InChI is InChI=1S/C12H14N2O3/c1-16-11-9(5-4-6-10(11)14)12(15)17-8-3-2-7-13/h4-6H,2-3,8,14H2,1H3. The molecule has 0 heterocycles. The van der Waals surface area contributed by atoms with Gasteiger partial charge >= 0.3 is 5.97 Å². The number of esters is 1. The van der Waals surface area contributed by atoms with Crippen LogP contribution in [-0.2, 0) is 4.74 Å². The van der Waals surface area contributed by atoms with Crippen molar-refractivity contribution in [2.45, 2.75) is 12.8 Å². The Balaban J connectivity index is 2.69. The van der Waals surface area contributed by atoms with Crippen LogP contribution in [0.5, 0.6) is 5.75 Å². The van der Waals surface area contributed by atoms with Crippen LogP contribution in [0.15, 0.2) is 18.2 Å². The van der Waals surface area contributed by atoms with Crippen LogP contribution < -0.4 is 10.5 Å². The number of nitrogens with zero attached hydrogens (tertiary/aromatic N) is 1. The maximum atomic E-state index is 11.7. The first kappa shape index (κ1) is 12.8. The molecule has 0 amide bonds. The lowest BCUT2D eigenvalue weighted by atomic mass is 10.2. The highest BCUT2D eigenvalue weighted by atomic mass is 16.5. The van der Waals surface area contributed by atoms with Crippen molar-refractivity contribution in [2.24, 2.45) is 0 Å². The number of carbonyl (C=O) groups excluding carboxylic acids is 1. The molecule has 0 aliphatic rings. The molecule has 5 nitrogen and oxygen atoms in total. The molecule has 0 saturated carbocycles. The number of anilines is 1. The SMILES string of the molecule is COc1c(N)cccc1C(=O)OCCCC#N. The molecular weight excluding hydrogens is 220 g/mol. The van der Waals surface area contributed by atoms with Crippen LogP contribution in [0.2, 0.25) is 0 Å². The van der Waals surface area contributed by atoms with Gasteiger partial charge in [-0.1, -0.05) is 6.07 Å². The fourth-order valence-corrected chi connectivity index (χ4v) is 1.34. The van der Waals surface area contributed by atoms with Crippen molar-refractivity contribution in [3.8, 4) is 11.8 Å². The van der Waals surface area contributed by atoms with Gasteiger partial charge in [-0.15, -0.1) is 0 Å². The number of hydrogen-bond donors (Lipinski definition) is 1. The molecule has 90 valence electrons. The number of rotatable bonds is 5. The molecule has 0 bridgehead atoms. The second-order valence-corrected chi connectivity index (χ2v) is 3.33. The smallest absolute Gasteiger partial charge is 0.342 e. The fourth-order valence-electron chi connectivity index (χ4n) is 1.34. The van der Waals surface area contributed by atoms with Crippen molar-refractivity contribution in [3.05, 3.63) is 23.8 Å². The number of nitrogens with two attached hydrogens (primary N) is 1. The van der Waals surface area contributed by atoms with E-state index in [1.807, 2.05) is 6.07 Å². The van der Waals surface area contributed by atoms with Gasteiger partial charge in [-0.3, -0.25) is 0 Å². The van der Waals surface area contributed by atoms with Gasteiger partial charge in [0.05, 0.1) is 25.5 Å². The first-order chi connectivity index (χ1) is 8.20. The summed E-state index contributed by atoms with van der Waals surface area (Å²) < 4.78 is 10.0. The Morgan fingerprint density at radius 3 is 2.94 bits per heavy atom. The average Bonchev–Trinajstić information content (AvgIpc) is 2.34. The van der Waals surface area contributed by atoms with E-state index in [0.29, 0.717) is 29.8 Å². The van der Waals surface area contributed by atoms with Crippen molar-refractivity contribution in [1.82, 2.24) is 0 Å². The molecule has 17 heavy (non-hydrogen) atoms. The molecule has 5 heteroatoms. The molecule has 1 aromatic rings. The molecule has 2 N–H and O–H groups in total. The minimum absolute atomic E-state index is 0.213. The topological polar surface area (TPSA) is 85.3 Å². The lowest BCUT2D eigenvalue weighted by Crippen LogP contribution is -2.09. The first-order valence-electron chi connectivity index (χ1n) is 5.17. The fraction of sp³-hybridized carbons (Fsp3) is 0.333. The Labute approximate surface area is 99.7 Å². The minimum atomic E-state index is -0.493. The molecule has 0 spiro atoms. The monoisotopic (exact) mass is 234 g/mol. The molecule has 0 aliphatic carbocycles. The normalized spacial score (nSPS) is 9.41. The number of benzene rings is 1. The van der Waals surface area contributed by atoms with Gasteiger partial charge in [0.2, 0.25) is 0 Å². The largest absolute Gasteiger partial charge is 0.494 e. The van der Waals surface area contributed by atoms with Crippen molar-refractivity contribution in [1.29, 1.82) is 5.26 Å². The number of hydrogen-bond acceptors (Lipinski definition) is 5. The second kappa shape index (κ2) is 6.38. The molecule has 0 saturated heterocycles. The van der Waals surface area contributed by atoms with Gasteiger partial charge in [-0.05, 0) is 18.6 Å². The summed E-state index contributed by atoms with van der Waals surface area (Å²) in [5.74, 6) is -0.176. The maximum absolute atomic E-state index is 11.7. The van der Waals surface area contributed by atoms with Crippen LogP contribution in [0.1, 0.15) is 23.2 Å². The van der Waals surface area contributed by atoms with E-state index >= 15 is 0 Å². The molecular formula is C12H14N2O3. The van der Waals surface area contributed by atoms with E-state index in [0.717, 1.165) is 0 Å². The van der Waals surface area contributed by atoms with E-state index in [1.165, 1.54) is 7.11 Å². The number of ether oxygens (including phenoxy) is 2. The van der Waals surface area contributed by atoms with Gasteiger partial charge in [0.1, 0.15) is 5.56 Å². The Kier molecular flexibility index (Phi) is 4.82. The third-order valence-electron chi connectivity index (χ3n) is 2.14. The Morgan fingerprint density at radius 2 is 2.29 bits per heavy atom. The predicted octanol–water partition coefficient (Wildman–Crippen LogP) is 1.74. The van der Waals surface area contributed by atoms with E-state index in [4.69, 9.17) is 20.5 Å². The van der Waals surface area contributed by atoms with Gasteiger partial charge in [0.15, 0.2) is 5.75 Å². The van der Waals surface area contributed by atoms with E-state index in [-0.39, 0.29) is 6.61 Å². The van der Waals surface area contributed by atoms with Crippen LogP contribution >= 0.6 is 0 Å². The molecule has 0 aromatic heterocycles. The van der Waals surface area contributed by atoms with Gasteiger partial charge in [-0.25, -0.2) is 4.79 Å². The molecule has 0 atom stereocenters. The lowest BCUT2D eigenvalue weighted by molar-refractivity contribution is 0.0498. The van der Waals surface area contributed by atoms with E-state index in [2.05, 4.69) is 0 Å². The van der Waals surface area contributed by atoms with E-state index < -0.39 is 5.97 Å². The zero-order chi connectivity index (χ0) is 12.7. The van der Waals surface area contributed by atoms with Crippen molar-refractivity contribution >= 4 is 11.7 Å². The van der Waals surface area contributed by atoms with Crippen molar-refractivity contribution in [3.63, 3.8) is 0 Å². The third kappa shape index (κ3) is 3.38. The first-order valence-corrected chi connectivity index (χ1v) is 5.17. The number of methoxy groups -OCH3 is 1. The zero-order valence-electron chi connectivity index (χ0n) is 9.60. The lowest BCUT2D eigenvalue weighted by Gasteiger charge is -2.10. The molecule has 1 rings (SSSR count). The van der Waals surface area contributed by atoms with Crippen molar-refractivity contribution < 1.29 is 14.3 Å². The summed E-state index contributed by atoms with van der Waals surface area (Å²) in [5, 5.41) is 8.34. The number of carbonyl (C=O) groups is 1. The summed E-state index contributed by atoms with van der Waals surface area (Å²) in [4.78, 5) is 11.7. The van der Waals surface area contributed by atoms with Crippen molar-refractivity contribution in [2.75, 3.05) is 19.5 Å². The Bertz CT molecular complexity index is 438. The number of nitrogen functional groups attached to an aromatic ring is 1. The predicted molar refractivity (Wildman–Crippen MR) is 62.5 cm³/mol. The maximum Gasteiger partial charge on any atom is 0.342 e. The summed E-state index contributed by atoms with van der Waals surface area (Å²) >= 11 is 0. The summed E-state index contributed by atoms with van der Waals surface area (Å²) in [7, 11) is 1.44. The Morgan fingerprint density at radius 1 is 1.53 bits per heavy atom. The highest BCUT2D eigenvalue weighted by Gasteiger charge is 2.15. The summed E-state index contributed by atoms with van der Waals surface area (Å²) in [6.45, 7) is 0.213. The van der Waals surface area contributed by atoms with Crippen LogP contribution in [0, 0.1) is 11.3 Å². The molecule has 0 unspecified atom stereocenters. The number of nitriles is 1. The van der Waals surface area contributed by atoms with Crippen LogP contribution in [0.4, 0.5) is 5.69 Å². The van der Waals surface area contributed by atoms with Crippen LogP contribution in [0.25, 0.3) is 0 Å². The molecule has 1 aromatic carbocycles. The minimum Gasteiger partial charge on any atom is -0.494 e. The summed E-state index contributed by atoms with van der Waals surface area (Å²) in [6.07, 6.45) is 0.883. The zero-order valence-corrected chi connectivity index (χ0v) is 9.60. The number of unbranched alkanes of at least 4 members (excludes halogenated alkanes) is 1. The summed E-state index contributed by atoms with van der Waals surface area (Å²) in [5.41, 5.74) is 6.35. The molecule has 0 radical (unpaired) electrons. The second-order valence-electron chi connectivity index (χ2n) is 3.33. The third-order valence-corrected chi connectivity index (χ3v) is 2.14. The Hall–Kier alpha value is -2.22. The van der Waals surface area contributed by atoms with Gasteiger partial charge in [0.25, 0.3) is 0 Å². The highest BCUT2D eigenvalue weighted by Crippen LogP contribution is 2.26. The van der Waals surface area contributed by atoms with E-state index in [1.54, 1.807) is 18.2 Å². The average molecular weight is 234 g/mol. The molecule has 0 fully saturated rings. The number of para-hydroxylation sites is 1. The van der Waals surface area contributed by atoms with E-state index in [9.17, 15) is 4.79 Å². The molecule has 0 aliphatic heterocycles. The van der Waals surface area contributed by atoms with Crippen LogP contribution in [-0.4, -0.2) is 19.7 Å². The van der Waals surface area contributed by atoms with Gasteiger partial charge < -0.3 is 15.2 Å². The quantitative estimate of drug-likeness (QED) is 0.476. The summed E-state index contributed by atoms with van der Waals surface area (Å²) in [6, 6.07) is 6.86. The van der Waals surface area contributed by atoms with Gasteiger partial charge in [0, 0.05) is 6.42 Å². The van der Waals surface area contributed by atoms with Gasteiger partial charge in [-0.2, -0.15) is 5.26 Å². The van der Waals surface area contributed by atoms with Crippen LogP contribution in [0.3, 0.4) is 0 Å². The highest BCUT2D eigenvalue weighted by molar-refractivity contribution is 5.94.